The van der Waals surface area contributed by atoms with Crippen molar-refractivity contribution in [3.8, 4) is 0 Å². The largest absolute Gasteiger partial charge is 0.289 e. The number of allylic oxidation sites excluding steroid dienone is 4. The lowest BCUT2D eigenvalue weighted by atomic mass is 9.88. The van der Waals surface area contributed by atoms with Gasteiger partial charge in [0.05, 0.1) is 0 Å². The van der Waals surface area contributed by atoms with Crippen molar-refractivity contribution in [2.45, 2.75) is 20.3 Å². The number of benzene rings is 3. The molecule has 0 atom stereocenters. The molecule has 1 aliphatic rings. The molecule has 1 aliphatic carbocycles. The lowest BCUT2D eigenvalue weighted by Crippen LogP contribution is -2.06. The summed E-state index contributed by atoms with van der Waals surface area (Å²) in [5.41, 5.74) is 6.53. The van der Waals surface area contributed by atoms with Crippen LogP contribution in [0.1, 0.15) is 41.8 Å². The Morgan fingerprint density at radius 2 is 1.56 bits per heavy atom. The first-order chi connectivity index (χ1) is 12.1. The van der Waals surface area contributed by atoms with E-state index in [-0.39, 0.29) is 5.78 Å². The van der Waals surface area contributed by atoms with E-state index in [0.717, 1.165) is 33.9 Å². The van der Waals surface area contributed by atoms with E-state index < -0.39 is 0 Å². The molecule has 1 nitrogen and oxygen atoms in total. The molecule has 0 radical (unpaired) electrons. The predicted octanol–water partition coefficient (Wildman–Crippen LogP) is 6.19. The molecular weight excluding hydrogens is 304 g/mol. The molecule has 4 rings (SSSR count). The molecule has 0 saturated heterocycles. The summed E-state index contributed by atoms with van der Waals surface area (Å²) in [5.74, 6) is 0.0931. The van der Waals surface area contributed by atoms with Crippen molar-refractivity contribution < 1.29 is 4.79 Å². The fraction of sp³-hybridized carbons (Fsp3) is 0.125. The zero-order valence-electron chi connectivity index (χ0n) is 14.5. The molecule has 0 heterocycles. The van der Waals surface area contributed by atoms with Crippen LogP contribution in [0.15, 0.2) is 84.0 Å². The van der Waals surface area contributed by atoms with Crippen LogP contribution in [0.3, 0.4) is 0 Å². The summed E-state index contributed by atoms with van der Waals surface area (Å²) < 4.78 is 0. The first-order valence-electron chi connectivity index (χ1n) is 8.64. The van der Waals surface area contributed by atoms with Gasteiger partial charge in [0.2, 0.25) is 0 Å². The average molecular weight is 324 g/mol. The zero-order chi connectivity index (χ0) is 17.4. The zero-order valence-corrected chi connectivity index (χ0v) is 14.5. The minimum atomic E-state index is 0.0931. The minimum Gasteiger partial charge on any atom is -0.289 e. The molecule has 0 aliphatic heterocycles. The molecule has 0 bridgehead atoms. The highest BCUT2D eigenvalue weighted by Crippen LogP contribution is 2.37. The Morgan fingerprint density at radius 1 is 0.840 bits per heavy atom. The van der Waals surface area contributed by atoms with Crippen LogP contribution in [0.2, 0.25) is 0 Å². The van der Waals surface area contributed by atoms with Gasteiger partial charge in [0, 0.05) is 11.1 Å². The lowest BCUT2D eigenvalue weighted by molar-refractivity contribution is 0.104. The van der Waals surface area contributed by atoms with Gasteiger partial charge in [-0.15, -0.1) is 0 Å². The molecule has 25 heavy (non-hydrogen) atoms. The summed E-state index contributed by atoms with van der Waals surface area (Å²) in [5, 5.41) is 2.13. The quantitative estimate of drug-likeness (QED) is 0.525. The minimum absolute atomic E-state index is 0.0931. The molecule has 0 unspecified atom stereocenters. The Kier molecular flexibility index (Phi) is 3.85. The van der Waals surface area contributed by atoms with Crippen molar-refractivity contribution >= 4 is 22.1 Å². The Labute approximate surface area is 148 Å². The second-order valence-electron chi connectivity index (χ2n) is 6.71. The Balaban J connectivity index is 1.95. The number of hydrogen-bond donors (Lipinski definition) is 0. The molecule has 0 aromatic heterocycles. The molecule has 0 saturated carbocycles. The maximum absolute atomic E-state index is 13.4. The van der Waals surface area contributed by atoms with Gasteiger partial charge in [-0.2, -0.15) is 0 Å². The van der Waals surface area contributed by atoms with E-state index in [9.17, 15) is 4.79 Å². The summed E-state index contributed by atoms with van der Waals surface area (Å²) >= 11 is 0. The monoisotopic (exact) mass is 324 g/mol. The molecule has 122 valence electrons. The van der Waals surface area contributed by atoms with E-state index in [2.05, 4.69) is 44.2 Å². The number of carbonyl (C=O) groups is 1. The van der Waals surface area contributed by atoms with Crippen LogP contribution in [0, 0.1) is 0 Å². The molecule has 3 aromatic carbocycles. The normalized spacial score (nSPS) is 14.1. The standard InChI is InChI=1S/C24H20O/c1-16-14-20(15-17(16)2)22-13-12-18-8-6-7-11-21(18)23(22)24(25)19-9-4-3-5-10-19/h3-14H,15H2,1-2H3. The first kappa shape index (κ1) is 15.6. The van der Waals surface area contributed by atoms with Crippen molar-refractivity contribution in [3.63, 3.8) is 0 Å². The van der Waals surface area contributed by atoms with Crippen LogP contribution < -0.4 is 0 Å². The SMILES string of the molecule is CC1=C(C)CC(c2ccc3ccccc3c2C(=O)c2ccccc2)=C1. The second kappa shape index (κ2) is 6.18. The maximum Gasteiger partial charge on any atom is 0.194 e. The van der Waals surface area contributed by atoms with Gasteiger partial charge in [-0.05, 0) is 42.2 Å². The van der Waals surface area contributed by atoms with E-state index in [1.54, 1.807) is 0 Å². The van der Waals surface area contributed by atoms with Crippen molar-refractivity contribution in [1.29, 1.82) is 0 Å². The number of fused-ring (bicyclic) bond motifs is 1. The van der Waals surface area contributed by atoms with Gasteiger partial charge >= 0.3 is 0 Å². The van der Waals surface area contributed by atoms with Crippen molar-refractivity contribution in [3.05, 3.63) is 101 Å². The summed E-state index contributed by atoms with van der Waals surface area (Å²) in [6.07, 6.45) is 3.14. The number of rotatable bonds is 3. The third-order valence-electron chi connectivity index (χ3n) is 5.06. The smallest absolute Gasteiger partial charge is 0.194 e. The highest BCUT2D eigenvalue weighted by molar-refractivity contribution is 6.19. The van der Waals surface area contributed by atoms with Gasteiger partial charge < -0.3 is 0 Å². The van der Waals surface area contributed by atoms with E-state index in [0.29, 0.717) is 0 Å². The fourth-order valence-electron chi connectivity index (χ4n) is 3.55. The topological polar surface area (TPSA) is 17.1 Å². The van der Waals surface area contributed by atoms with Crippen LogP contribution in [-0.4, -0.2) is 5.78 Å². The van der Waals surface area contributed by atoms with Gasteiger partial charge in [-0.25, -0.2) is 0 Å². The fourth-order valence-corrected chi connectivity index (χ4v) is 3.55. The summed E-state index contributed by atoms with van der Waals surface area (Å²) in [4.78, 5) is 13.4. The van der Waals surface area contributed by atoms with Crippen LogP contribution in [0.25, 0.3) is 16.3 Å². The Morgan fingerprint density at radius 3 is 2.28 bits per heavy atom. The van der Waals surface area contributed by atoms with Crippen molar-refractivity contribution in [1.82, 2.24) is 0 Å². The summed E-state index contributed by atoms with van der Waals surface area (Å²) in [6.45, 7) is 4.31. The highest BCUT2D eigenvalue weighted by atomic mass is 16.1. The first-order valence-corrected chi connectivity index (χ1v) is 8.64. The van der Waals surface area contributed by atoms with Crippen LogP contribution in [0.4, 0.5) is 0 Å². The van der Waals surface area contributed by atoms with Crippen LogP contribution in [-0.2, 0) is 0 Å². The molecular formula is C24H20O. The van der Waals surface area contributed by atoms with E-state index in [4.69, 9.17) is 0 Å². The summed E-state index contributed by atoms with van der Waals surface area (Å²) in [6, 6.07) is 21.9. The molecule has 0 N–H and O–H groups in total. The molecule has 0 amide bonds. The van der Waals surface area contributed by atoms with Crippen LogP contribution in [0.5, 0.6) is 0 Å². The lowest BCUT2D eigenvalue weighted by Gasteiger charge is -2.14. The maximum atomic E-state index is 13.4. The van der Waals surface area contributed by atoms with Gasteiger partial charge in [0.25, 0.3) is 0 Å². The third kappa shape index (κ3) is 2.72. The van der Waals surface area contributed by atoms with Gasteiger partial charge in [-0.1, -0.05) is 84.0 Å². The molecule has 0 fully saturated rings. The third-order valence-corrected chi connectivity index (χ3v) is 5.06. The Bertz CT molecular complexity index is 1040. The van der Waals surface area contributed by atoms with E-state index in [1.165, 1.54) is 16.7 Å². The van der Waals surface area contributed by atoms with Crippen molar-refractivity contribution in [2.75, 3.05) is 0 Å². The second-order valence-corrected chi connectivity index (χ2v) is 6.71. The summed E-state index contributed by atoms with van der Waals surface area (Å²) in [7, 11) is 0. The number of carbonyl (C=O) groups excluding carboxylic acids is 1. The number of ketones is 1. The average Bonchev–Trinajstić information content (AvgIpc) is 2.99. The molecule has 3 aromatic rings. The number of hydrogen-bond acceptors (Lipinski definition) is 1. The molecule has 1 heteroatoms. The van der Waals surface area contributed by atoms with Crippen LogP contribution >= 0.6 is 0 Å². The van der Waals surface area contributed by atoms with Crippen molar-refractivity contribution in [2.24, 2.45) is 0 Å². The van der Waals surface area contributed by atoms with E-state index in [1.807, 2.05) is 42.5 Å². The van der Waals surface area contributed by atoms with Gasteiger partial charge in [0.1, 0.15) is 0 Å². The predicted molar refractivity (Wildman–Crippen MR) is 105 cm³/mol. The molecule has 0 spiro atoms. The van der Waals surface area contributed by atoms with Gasteiger partial charge in [0.15, 0.2) is 5.78 Å². The highest BCUT2D eigenvalue weighted by Gasteiger charge is 2.21. The van der Waals surface area contributed by atoms with Gasteiger partial charge in [-0.3, -0.25) is 4.79 Å². The van der Waals surface area contributed by atoms with E-state index >= 15 is 0 Å². The Hall–Kier alpha value is -2.93.